The molecule has 2 aromatic heterocycles. The van der Waals surface area contributed by atoms with Gasteiger partial charge in [0.05, 0.1) is 17.0 Å². The molecule has 0 amide bonds. The van der Waals surface area contributed by atoms with Crippen molar-refractivity contribution in [3.63, 3.8) is 0 Å². The third-order valence-corrected chi connectivity index (χ3v) is 4.38. The molecule has 0 bridgehead atoms. The molecule has 1 N–H and O–H groups in total. The normalized spacial score (nSPS) is 12.5. The summed E-state index contributed by atoms with van der Waals surface area (Å²) >= 11 is 3.17. The molecule has 0 spiro atoms. The Labute approximate surface area is 113 Å². The van der Waals surface area contributed by atoms with E-state index in [-0.39, 0.29) is 11.7 Å². The van der Waals surface area contributed by atoms with Gasteiger partial charge in [0.15, 0.2) is 5.76 Å². The average molecular weight is 283 g/mol. The maximum atomic E-state index is 10.5. The Morgan fingerprint density at radius 3 is 3.17 bits per heavy atom. The lowest BCUT2D eigenvalue weighted by molar-refractivity contribution is -0.136. The molecule has 0 aliphatic carbocycles. The minimum Gasteiger partial charge on any atom is -0.481 e. The predicted molar refractivity (Wildman–Crippen MR) is 72.8 cm³/mol. The van der Waals surface area contributed by atoms with E-state index in [1.54, 1.807) is 23.1 Å². The number of thioether (sulfide) groups is 1. The number of aromatic nitrogens is 1. The average Bonchev–Trinajstić information content (AvgIpc) is 2.96. The van der Waals surface area contributed by atoms with Crippen LogP contribution in [0.25, 0.3) is 10.6 Å². The summed E-state index contributed by atoms with van der Waals surface area (Å²) < 4.78 is 5.25. The molecule has 0 saturated carbocycles. The molecule has 96 valence electrons. The fraction of sp³-hybridized carbons (Fsp3) is 0.333. The summed E-state index contributed by atoms with van der Waals surface area (Å²) in [4.78, 5) is 11.6. The van der Waals surface area contributed by atoms with Crippen molar-refractivity contribution in [1.82, 2.24) is 5.16 Å². The van der Waals surface area contributed by atoms with Crippen molar-refractivity contribution < 1.29 is 14.4 Å². The maximum absolute atomic E-state index is 10.5. The Morgan fingerprint density at radius 2 is 2.50 bits per heavy atom. The summed E-state index contributed by atoms with van der Waals surface area (Å²) in [5.74, 6) is 0.671. The highest BCUT2D eigenvalue weighted by molar-refractivity contribution is 7.99. The Morgan fingerprint density at radius 1 is 1.67 bits per heavy atom. The number of nitrogens with zero attached hydrogens (tertiary/aromatic N) is 1. The number of rotatable bonds is 6. The highest BCUT2D eigenvalue weighted by atomic mass is 32.2. The molecular weight excluding hydrogens is 270 g/mol. The number of hydrogen-bond acceptors (Lipinski definition) is 5. The van der Waals surface area contributed by atoms with Gasteiger partial charge in [-0.1, -0.05) is 18.1 Å². The Balaban J connectivity index is 1.89. The van der Waals surface area contributed by atoms with Crippen LogP contribution in [-0.2, 0) is 10.5 Å². The van der Waals surface area contributed by atoms with E-state index in [1.807, 2.05) is 30.5 Å². The van der Waals surface area contributed by atoms with Crippen LogP contribution in [0.15, 0.2) is 28.1 Å². The third kappa shape index (κ3) is 3.61. The number of aliphatic carboxylic acids is 1. The first-order chi connectivity index (χ1) is 8.65. The molecule has 2 rings (SSSR count). The first-order valence-electron chi connectivity index (χ1n) is 5.48. The fourth-order valence-corrected chi connectivity index (χ4v) is 2.97. The van der Waals surface area contributed by atoms with Gasteiger partial charge in [0.25, 0.3) is 0 Å². The van der Waals surface area contributed by atoms with Crippen molar-refractivity contribution in [1.29, 1.82) is 0 Å². The SMILES string of the molecule is CC(CC(=O)O)SCc1cc(-c2cccs2)on1. The maximum Gasteiger partial charge on any atom is 0.304 e. The number of carboxylic acid groups (broad SMARTS) is 1. The predicted octanol–water partition coefficient (Wildman–Crippen LogP) is 3.50. The molecule has 1 unspecified atom stereocenters. The fourth-order valence-electron chi connectivity index (χ4n) is 1.45. The van der Waals surface area contributed by atoms with Crippen molar-refractivity contribution in [3.8, 4) is 10.6 Å². The molecule has 6 heteroatoms. The van der Waals surface area contributed by atoms with Crippen LogP contribution in [0.2, 0.25) is 0 Å². The molecule has 18 heavy (non-hydrogen) atoms. The minimum atomic E-state index is -0.769. The molecule has 0 aromatic carbocycles. The van der Waals surface area contributed by atoms with Gasteiger partial charge in [-0.2, -0.15) is 11.8 Å². The van der Waals surface area contributed by atoms with E-state index >= 15 is 0 Å². The van der Waals surface area contributed by atoms with Crippen molar-refractivity contribution in [3.05, 3.63) is 29.3 Å². The van der Waals surface area contributed by atoms with E-state index in [0.717, 1.165) is 16.3 Å². The zero-order valence-corrected chi connectivity index (χ0v) is 11.5. The number of thiophene rings is 1. The van der Waals surface area contributed by atoms with Gasteiger partial charge in [-0.3, -0.25) is 4.79 Å². The molecule has 2 aromatic rings. The largest absolute Gasteiger partial charge is 0.481 e. The molecule has 0 aliphatic heterocycles. The first-order valence-corrected chi connectivity index (χ1v) is 7.41. The smallest absolute Gasteiger partial charge is 0.304 e. The van der Waals surface area contributed by atoms with Gasteiger partial charge < -0.3 is 9.63 Å². The lowest BCUT2D eigenvalue weighted by Gasteiger charge is -2.05. The van der Waals surface area contributed by atoms with Gasteiger partial charge in [-0.15, -0.1) is 11.3 Å². The molecule has 0 saturated heterocycles. The summed E-state index contributed by atoms with van der Waals surface area (Å²) in [6.07, 6.45) is 0.167. The highest BCUT2D eigenvalue weighted by Gasteiger charge is 2.11. The summed E-state index contributed by atoms with van der Waals surface area (Å²) in [5.41, 5.74) is 0.848. The van der Waals surface area contributed by atoms with E-state index in [4.69, 9.17) is 9.63 Å². The van der Waals surface area contributed by atoms with Crippen LogP contribution < -0.4 is 0 Å². The minimum absolute atomic E-state index is 0.0735. The zero-order valence-electron chi connectivity index (χ0n) is 9.83. The summed E-state index contributed by atoms with van der Waals surface area (Å²) in [6, 6.07) is 5.85. The second-order valence-electron chi connectivity index (χ2n) is 3.88. The van der Waals surface area contributed by atoms with Crippen molar-refractivity contribution in [2.75, 3.05) is 0 Å². The molecule has 0 radical (unpaired) electrons. The van der Waals surface area contributed by atoms with E-state index in [2.05, 4.69) is 5.16 Å². The zero-order chi connectivity index (χ0) is 13.0. The Bertz CT molecular complexity index is 507. The lowest BCUT2D eigenvalue weighted by atomic mass is 10.3. The highest BCUT2D eigenvalue weighted by Crippen LogP contribution is 2.27. The van der Waals surface area contributed by atoms with Crippen molar-refractivity contribution >= 4 is 29.1 Å². The molecule has 0 aliphatic rings. The van der Waals surface area contributed by atoms with Gasteiger partial charge in [-0.25, -0.2) is 0 Å². The molecular formula is C12H13NO3S2. The Hall–Kier alpha value is -1.27. The summed E-state index contributed by atoms with van der Waals surface area (Å²) in [5, 5.41) is 14.7. The van der Waals surface area contributed by atoms with Crippen LogP contribution in [-0.4, -0.2) is 21.5 Å². The number of hydrogen-bond donors (Lipinski definition) is 1. The monoisotopic (exact) mass is 283 g/mol. The van der Waals surface area contributed by atoms with Gasteiger partial charge in [0.2, 0.25) is 0 Å². The van der Waals surface area contributed by atoms with Crippen LogP contribution in [0.5, 0.6) is 0 Å². The van der Waals surface area contributed by atoms with Gasteiger partial charge in [0.1, 0.15) is 0 Å². The summed E-state index contributed by atoms with van der Waals surface area (Å²) in [6.45, 7) is 1.90. The van der Waals surface area contributed by atoms with E-state index in [0.29, 0.717) is 5.75 Å². The van der Waals surface area contributed by atoms with Crippen LogP contribution in [0, 0.1) is 0 Å². The van der Waals surface area contributed by atoms with Crippen molar-refractivity contribution in [2.45, 2.75) is 24.3 Å². The molecule has 4 nitrogen and oxygen atoms in total. The third-order valence-electron chi connectivity index (χ3n) is 2.30. The molecule has 2 heterocycles. The van der Waals surface area contributed by atoms with Crippen LogP contribution in [0.1, 0.15) is 19.0 Å². The second kappa shape index (κ2) is 6.06. The lowest BCUT2D eigenvalue weighted by Crippen LogP contribution is -2.05. The number of carboxylic acids is 1. The summed E-state index contributed by atoms with van der Waals surface area (Å²) in [7, 11) is 0. The van der Waals surface area contributed by atoms with Crippen molar-refractivity contribution in [2.24, 2.45) is 0 Å². The van der Waals surface area contributed by atoms with Gasteiger partial charge >= 0.3 is 5.97 Å². The van der Waals surface area contributed by atoms with Gasteiger partial charge in [0, 0.05) is 17.1 Å². The van der Waals surface area contributed by atoms with E-state index in [9.17, 15) is 4.79 Å². The second-order valence-corrected chi connectivity index (χ2v) is 6.25. The van der Waals surface area contributed by atoms with Crippen LogP contribution >= 0.6 is 23.1 Å². The quantitative estimate of drug-likeness (QED) is 0.879. The molecule has 0 fully saturated rings. The topological polar surface area (TPSA) is 63.3 Å². The van der Waals surface area contributed by atoms with Gasteiger partial charge in [-0.05, 0) is 11.4 Å². The Kier molecular flexibility index (Phi) is 4.43. The number of carbonyl (C=O) groups is 1. The molecule has 1 atom stereocenters. The first kappa shape index (κ1) is 13.2. The standard InChI is InChI=1S/C12H13NO3S2/c1-8(5-12(14)15)18-7-9-6-10(16-13-9)11-3-2-4-17-11/h2-4,6,8H,5,7H2,1H3,(H,14,15). The van der Waals surface area contributed by atoms with Crippen LogP contribution in [0.4, 0.5) is 0 Å². The van der Waals surface area contributed by atoms with E-state index < -0.39 is 5.97 Å². The van der Waals surface area contributed by atoms with Crippen LogP contribution in [0.3, 0.4) is 0 Å². The van der Waals surface area contributed by atoms with E-state index in [1.165, 1.54) is 0 Å².